The zero-order chi connectivity index (χ0) is 17.0. The van der Waals surface area contributed by atoms with E-state index in [1.807, 2.05) is 51.1 Å². The summed E-state index contributed by atoms with van der Waals surface area (Å²) in [6.07, 6.45) is 0. The van der Waals surface area contributed by atoms with Crippen molar-refractivity contribution in [2.75, 3.05) is 0 Å². The molecule has 1 aromatic heterocycles. The molecule has 1 aliphatic rings. The first-order valence-corrected chi connectivity index (χ1v) is 7.88. The number of aryl methyl sites for hydroxylation is 3. The maximum Gasteiger partial charge on any atom is 0.336 e. The average Bonchev–Trinajstić information content (AvgIpc) is 2.54. The minimum atomic E-state index is -0.898. The SMILES string of the molecule is Cc1cc2nc3c(c(C)c2c(C)c1C(=O)O)COc1ccccc1-3. The predicted octanol–water partition coefficient (Wildman–Crippen LogP) is 4.42. The van der Waals surface area contributed by atoms with Gasteiger partial charge < -0.3 is 9.84 Å². The van der Waals surface area contributed by atoms with Gasteiger partial charge in [-0.3, -0.25) is 0 Å². The lowest BCUT2D eigenvalue weighted by atomic mass is 9.90. The molecule has 0 radical (unpaired) electrons. The number of rotatable bonds is 1. The molecule has 0 atom stereocenters. The average molecular weight is 319 g/mol. The minimum absolute atomic E-state index is 0.365. The molecule has 4 heteroatoms. The second kappa shape index (κ2) is 5.06. The quantitative estimate of drug-likeness (QED) is 0.721. The molecular formula is C20H17NO3. The molecule has 0 unspecified atom stereocenters. The zero-order valence-electron chi connectivity index (χ0n) is 13.8. The van der Waals surface area contributed by atoms with Gasteiger partial charge in [-0.05, 0) is 55.7 Å². The number of fused-ring (bicyclic) bond motifs is 4. The number of carboxylic acids is 1. The highest BCUT2D eigenvalue weighted by Crippen LogP contribution is 2.40. The molecule has 0 amide bonds. The van der Waals surface area contributed by atoms with E-state index < -0.39 is 5.97 Å². The monoisotopic (exact) mass is 319 g/mol. The van der Waals surface area contributed by atoms with Crippen LogP contribution in [-0.2, 0) is 6.61 Å². The second-order valence-electron chi connectivity index (χ2n) is 6.24. The summed E-state index contributed by atoms with van der Waals surface area (Å²) in [5.74, 6) is -0.0579. The van der Waals surface area contributed by atoms with Gasteiger partial charge in [-0.25, -0.2) is 9.78 Å². The fourth-order valence-corrected chi connectivity index (χ4v) is 3.71. The Morgan fingerprint density at radius 2 is 1.92 bits per heavy atom. The molecule has 0 bridgehead atoms. The zero-order valence-corrected chi connectivity index (χ0v) is 13.8. The summed E-state index contributed by atoms with van der Waals surface area (Å²) in [7, 11) is 0. The van der Waals surface area contributed by atoms with Gasteiger partial charge in [-0.1, -0.05) is 12.1 Å². The highest BCUT2D eigenvalue weighted by atomic mass is 16.5. The molecule has 0 aliphatic carbocycles. The summed E-state index contributed by atoms with van der Waals surface area (Å²) in [5, 5.41) is 10.4. The number of benzene rings is 2. The van der Waals surface area contributed by atoms with Crippen molar-refractivity contribution in [1.82, 2.24) is 4.98 Å². The third-order valence-electron chi connectivity index (χ3n) is 4.83. The Hall–Kier alpha value is -2.88. The smallest absolute Gasteiger partial charge is 0.336 e. The number of carboxylic acid groups (broad SMARTS) is 1. The van der Waals surface area contributed by atoms with Gasteiger partial charge in [0.2, 0.25) is 0 Å². The van der Waals surface area contributed by atoms with Crippen LogP contribution in [0.25, 0.3) is 22.2 Å². The van der Waals surface area contributed by atoms with Crippen LogP contribution in [0.1, 0.15) is 32.6 Å². The first kappa shape index (κ1) is 14.7. The highest BCUT2D eigenvalue weighted by molar-refractivity contribution is 6.00. The van der Waals surface area contributed by atoms with Gasteiger partial charge in [-0.15, -0.1) is 0 Å². The summed E-state index contributed by atoms with van der Waals surface area (Å²) in [6.45, 7) is 6.16. The van der Waals surface area contributed by atoms with E-state index in [1.54, 1.807) is 0 Å². The van der Waals surface area contributed by atoms with Gasteiger partial charge >= 0.3 is 5.97 Å². The Bertz CT molecular complexity index is 1020. The van der Waals surface area contributed by atoms with Crippen molar-refractivity contribution >= 4 is 16.9 Å². The van der Waals surface area contributed by atoms with Crippen LogP contribution >= 0.6 is 0 Å². The van der Waals surface area contributed by atoms with Crippen molar-refractivity contribution in [2.24, 2.45) is 0 Å². The molecule has 2 aromatic carbocycles. The van der Waals surface area contributed by atoms with E-state index in [0.717, 1.165) is 50.2 Å². The lowest BCUT2D eigenvalue weighted by Gasteiger charge is -2.23. The topological polar surface area (TPSA) is 59.4 Å². The molecule has 0 spiro atoms. The van der Waals surface area contributed by atoms with E-state index in [9.17, 15) is 9.90 Å². The molecule has 4 rings (SSSR count). The number of hydrogen-bond donors (Lipinski definition) is 1. The van der Waals surface area contributed by atoms with E-state index in [4.69, 9.17) is 9.72 Å². The lowest BCUT2D eigenvalue weighted by molar-refractivity contribution is 0.0695. The predicted molar refractivity (Wildman–Crippen MR) is 92.7 cm³/mol. The Morgan fingerprint density at radius 1 is 1.17 bits per heavy atom. The van der Waals surface area contributed by atoms with Crippen molar-refractivity contribution in [3.63, 3.8) is 0 Å². The van der Waals surface area contributed by atoms with Crippen molar-refractivity contribution in [2.45, 2.75) is 27.4 Å². The van der Waals surface area contributed by atoms with Gasteiger partial charge in [0.25, 0.3) is 0 Å². The van der Waals surface area contributed by atoms with Crippen LogP contribution < -0.4 is 4.74 Å². The Kier molecular flexibility index (Phi) is 3.10. The molecule has 0 fully saturated rings. The first-order valence-electron chi connectivity index (χ1n) is 7.88. The van der Waals surface area contributed by atoms with E-state index >= 15 is 0 Å². The molecule has 4 nitrogen and oxygen atoms in total. The maximum atomic E-state index is 11.6. The number of aromatic carboxylic acids is 1. The van der Waals surface area contributed by atoms with E-state index in [2.05, 4.69) is 0 Å². The summed E-state index contributed by atoms with van der Waals surface area (Å²) in [6, 6.07) is 9.76. The first-order chi connectivity index (χ1) is 11.5. The van der Waals surface area contributed by atoms with Crippen LogP contribution in [0.4, 0.5) is 0 Å². The van der Waals surface area contributed by atoms with Crippen LogP contribution in [0.5, 0.6) is 5.75 Å². The maximum absolute atomic E-state index is 11.6. The molecule has 1 N–H and O–H groups in total. The molecule has 0 saturated carbocycles. The number of para-hydroxylation sites is 1. The lowest BCUT2D eigenvalue weighted by Crippen LogP contribution is -2.11. The van der Waals surface area contributed by atoms with E-state index in [-0.39, 0.29) is 0 Å². The number of hydrogen-bond acceptors (Lipinski definition) is 3. The molecule has 0 saturated heterocycles. The third kappa shape index (κ3) is 1.92. The van der Waals surface area contributed by atoms with Gasteiger partial charge in [-0.2, -0.15) is 0 Å². The summed E-state index contributed by atoms with van der Waals surface area (Å²) in [4.78, 5) is 16.5. The molecular weight excluding hydrogens is 302 g/mol. The van der Waals surface area contributed by atoms with E-state index in [1.165, 1.54) is 0 Å². The van der Waals surface area contributed by atoms with Crippen LogP contribution in [0.2, 0.25) is 0 Å². The minimum Gasteiger partial charge on any atom is -0.488 e. The van der Waals surface area contributed by atoms with Crippen molar-refractivity contribution in [1.29, 1.82) is 0 Å². The molecule has 120 valence electrons. The Balaban J connectivity index is 2.12. The van der Waals surface area contributed by atoms with Crippen LogP contribution in [0.3, 0.4) is 0 Å². The van der Waals surface area contributed by atoms with Crippen LogP contribution in [0.15, 0.2) is 30.3 Å². The number of nitrogens with zero attached hydrogens (tertiary/aromatic N) is 1. The largest absolute Gasteiger partial charge is 0.488 e. The highest BCUT2D eigenvalue weighted by Gasteiger charge is 2.24. The normalized spacial score (nSPS) is 12.5. The fourth-order valence-electron chi connectivity index (χ4n) is 3.71. The van der Waals surface area contributed by atoms with Crippen LogP contribution in [-0.4, -0.2) is 16.1 Å². The summed E-state index contributed by atoms with van der Waals surface area (Å²) >= 11 is 0. The summed E-state index contributed by atoms with van der Waals surface area (Å²) < 4.78 is 5.86. The number of pyridine rings is 1. The van der Waals surface area contributed by atoms with Crippen molar-refractivity contribution in [3.8, 4) is 17.0 Å². The van der Waals surface area contributed by atoms with Gasteiger partial charge in [0.1, 0.15) is 12.4 Å². The Labute approximate surface area is 139 Å². The second-order valence-corrected chi connectivity index (χ2v) is 6.24. The van der Waals surface area contributed by atoms with Gasteiger partial charge in [0.15, 0.2) is 0 Å². The Morgan fingerprint density at radius 3 is 2.67 bits per heavy atom. The molecule has 24 heavy (non-hydrogen) atoms. The fraction of sp³-hybridized carbons (Fsp3) is 0.200. The van der Waals surface area contributed by atoms with Crippen LogP contribution in [0, 0.1) is 20.8 Å². The molecule has 2 heterocycles. The standard InChI is InChI=1S/C20H17NO3/c1-10-8-15-18(12(3)17(10)20(22)23)11(2)14-9-24-16-7-5-4-6-13(16)19(14)21-15/h4-8H,9H2,1-3H3,(H,22,23). The number of aromatic nitrogens is 1. The van der Waals surface area contributed by atoms with Gasteiger partial charge in [0.05, 0.1) is 16.8 Å². The number of carbonyl (C=O) groups is 1. The molecule has 1 aliphatic heterocycles. The van der Waals surface area contributed by atoms with Gasteiger partial charge in [0, 0.05) is 16.5 Å². The van der Waals surface area contributed by atoms with Crippen molar-refractivity contribution < 1.29 is 14.6 Å². The van der Waals surface area contributed by atoms with Crippen molar-refractivity contribution in [3.05, 3.63) is 58.1 Å². The summed E-state index contributed by atoms with van der Waals surface area (Å²) in [5.41, 5.74) is 6.70. The number of ether oxygens (including phenoxy) is 1. The van der Waals surface area contributed by atoms with E-state index in [0.29, 0.717) is 12.2 Å². The third-order valence-corrected chi connectivity index (χ3v) is 4.83. The molecule has 3 aromatic rings.